The number of ether oxygens (including phenoxy) is 2. The normalized spacial score (nSPS) is 19.1. The Bertz CT molecular complexity index is 1100. The van der Waals surface area contributed by atoms with Crippen LogP contribution in [-0.2, 0) is 10.0 Å². The number of rotatable bonds is 7. The van der Waals surface area contributed by atoms with Crippen LogP contribution in [0.5, 0.6) is 11.5 Å². The second-order valence-corrected chi connectivity index (χ2v) is 9.97. The number of sulfonamides is 1. The first-order valence-electron chi connectivity index (χ1n) is 10.3. The van der Waals surface area contributed by atoms with Gasteiger partial charge in [0.05, 0.1) is 7.11 Å². The van der Waals surface area contributed by atoms with Crippen molar-refractivity contribution in [2.75, 3.05) is 32.1 Å². The summed E-state index contributed by atoms with van der Waals surface area (Å²) in [6, 6.07) is 12.8. The molecule has 1 amide bonds. The van der Waals surface area contributed by atoms with E-state index in [4.69, 9.17) is 14.7 Å². The summed E-state index contributed by atoms with van der Waals surface area (Å²) in [4.78, 5) is 12.8. The number of benzene rings is 2. The van der Waals surface area contributed by atoms with Crippen LogP contribution in [-0.4, -0.2) is 45.4 Å². The lowest BCUT2D eigenvalue weighted by molar-refractivity contribution is 0.102. The van der Waals surface area contributed by atoms with Crippen LogP contribution in [0, 0.1) is 23.2 Å². The Morgan fingerprint density at radius 2 is 1.81 bits per heavy atom. The first-order valence-corrected chi connectivity index (χ1v) is 11.8. The summed E-state index contributed by atoms with van der Waals surface area (Å²) in [5, 5.41) is 11.3. The number of amides is 1. The lowest BCUT2D eigenvalue weighted by atomic mass is 9.94. The molecule has 0 aliphatic carbocycles. The van der Waals surface area contributed by atoms with E-state index in [-0.39, 0.29) is 34.7 Å². The summed E-state index contributed by atoms with van der Waals surface area (Å²) in [6.07, 6.45) is 0.978. The molecule has 1 aliphatic heterocycles. The lowest BCUT2D eigenvalue weighted by Crippen LogP contribution is -2.42. The molecule has 0 radical (unpaired) electrons. The Morgan fingerprint density at radius 1 is 1.16 bits per heavy atom. The van der Waals surface area contributed by atoms with Crippen molar-refractivity contribution >= 4 is 21.6 Å². The fraction of sp³-hybridized carbons (Fsp3) is 0.391. The quantitative estimate of drug-likeness (QED) is 0.681. The van der Waals surface area contributed by atoms with Gasteiger partial charge in [0.2, 0.25) is 10.0 Å². The highest BCUT2D eigenvalue weighted by atomic mass is 32.2. The molecule has 2 unspecified atom stereocenters. The maximum absolute atomic E-state index is 13.4. The SMILES string of the molecule is COc1ccc(C(=O)Nc2ccc(OCC#N)cc2)cc1S(=O)(=O)N1CC(C)CC(C)C1. The van der Waals surface area contributed by atoms with Gasteiger partial charge in [0.1, 0.15) is 22.5 Å². The number of carbonyl (C=O) groups excluding carboxylic acids is 1. The van der Waals surface area contributed by atoms with Gasteiger partial charge < -0.3 is 14.8 Å². The van der Waals surface area contributed by atoms with Crippen molar-refractivity contribution in [3.8, 4) is 17.6 Å². The van der Waals surface area contributed by atoms with Crippen LogP contribution in [0.3, 0.4) is 0 Å². The molecular weight excluding hydrogens is 430 g/mol. The topological polar surface area (TPSA) is 109 Å². The van der Waals surface area contributed by atoms with Crippen molar-refractivity contribution in [2.24, 2.45) is 11.8 Å². The van der Waals surface area contributed by atoms with E-state index in [0.29, 0.717) is 24.5 Å². The third kappa shape index (κ3) is 5.39. The minimum Gasteiger partial charge on any atom is -0.495 e. The first-order chi connectivity index (χ1) is 15.2. The average Bonchev–Trinajstić information content (AvgIpc) is 2.77. The number of nitrogens with zero attached hydrogens (tertiary/aromatic N) is 2. The van der Waals surface area contributed by atoms with Gasteiger partial charge in [-0.05, 0) is 60.7 Å². The molecule has 1 fully saturated rings. The van der Waals surface area contributed by atoms with E-state index in [0.717, 1.165) is 6.42 Å². The van der Waals surface area contributed by atoms with Crippen LogP contribution >= 0.6 is 0 Å². The Kier molecular flexibility index (Phi) is 7.38. The van der Waals surface area contributed by atoms with Gasteiger partial charge in [-0.25, -0.2) is 8.42 Å². The number of nitriles is 1. The zero-order chi connectivity index (χ0) is 23.3. The summed E-state index contributed by atoms with van der Waals surface area (Å²) in [7, 11) is -2.42. The molecule has 1 saturated heterocycles. The van der Waals surface area contributed by atoms with Crippen molar-refractivity contribution < 1.29 is 22.7 Å². The van der Waals surface area contributed by atoms with Gasteiger partial charge in [0.15, 0.2) is 6.61 Å². The zero-order valence-corrected chi connectivity index (χ0v) is 19.2. The third-order valence-electron chi connectivity index (χ3n) is 5.29. The van der Waals surface area contributed by atoms with Crippen molar-refractivity contribution in [3.05, 3.63) is 48.0 Å². The van der Waals surface area contributed by atoms with Gasteiger partial charge in [0, 0.05) is 24.3 Å². The standard InChI is InChI=1S/C23H27N3O5S/c1-16-12-17(2)15-26(14-16)32(28,29)22-13-18(4-9-21(22)30-3)23(27)25-19-5-7-20(8-6-19)31-11-10-24/h4-9,13,16-17H,11-12,14-15H2,1-3H3,(H,25,27). The molecule has 1 aliphatic rings. The van der Waals surface area contributed by atoms with Crippen molar-refractivity contribution in [1.82, 2.24) is 4.31 Å². The number of anilines is 1. The van der Waals surface area contributed by atoms with E-state index in [2.05, 4.69) is 5.32 Å². The highest BCUT2D eigenvalue weighted by Crippen LogP contribution is 2.32. The van der Waals surface area contributed by atoms with Crippen molar-refractivity contribution in [2.45, 2.75) is 25.2 Å². The Hall–Kier alpha value is -3.09. The third-order valence-corrected chi connectivity index (χ3v) is 7.15. The molecule has 8 nitrogen and oxygen atoms in total. The van der Waals surface area contributed by atoms with Crippen molar-refractivity contribution in [1.29, 1.82) is 5.26 Å². The molecule has 0 aromatic heterocycles. The summed E-state index contributed by atoms with van der Waals surface area (Å²) in [6.45, 7) is 4.88. The molecule has 2 atom stereocenters. The summed E-state index contributed by atoms with van der Waals surface area (Å²) in [5.41, 5.74) is 0.713. The molecule has 2 aromatic carbocycles. The van der Waals surface area contributed by atoms with E-state index in [9.17, 15) is 13.2 Å². The van der Waals surface area contributed by atoms with Crippen LogP contribution in [0.15, 0.2) is 47.4 Å². The zero-order valence-electron chi connectivity index (χ0n) is 18.4. The first kappa shape index (κ1) is 23.6. The molecule has 1 N–H and O–H groups in total. The summed E-state index contributed by atoms with van der Waals surface area (Å²) >= 11 is 0. The van der Waals surface area contributed by atoms with Crippen LogP contribution in [0.25, 0.3) is 0 Å². The molecule has 0 spiro atoms. The minimum atomic E-state index is -3.83. The monoisotopic (exact) mass is 457 g/mol. The number of methoxy groups -OCH3 is 1. The lowest BCUT2D eigenvalue weighted by Gasteiger charge is -2.34. The largest absolute Gasteiger partial charge is 0.495 e. The number of piperidine rings is 1. The maximum atomic E-state index is 13.4. The molecule has 32 heavy (non-hydrogen) atoms. The Morgan fingerprint density at radius 3 is 2.41 bits per heavy atom. The van der Waals surface area contributed by atoms with E-state index < -0.39 is 15.9 Å². The molecule has 1 heterocycles. The van der Waals surface area contributed by atoms with Gasteiger partial charge in [-0.1, -0.05) is 13.8 Å². The van der Waals surface area contributed by atoms with Gasteiger partial charge >= 0.3 is 0 Å². The Balaban J connectivity index is 1.84. The molecule has 0 saturated carbocycles. The number of nitrogens with one attached hydrogen (secondary N) is 1. The van der Waals surface area contributed by atoms with Crippen LogP contribution in [0.2, 0.25) is 0 Å². The molecule has 2 aromatic rings. The van der Waals surface area contributed by atoms with Gasteiger partial charge in [-0.15, -0.1) is 0 Å². The smallest absolute Gasteiger partial charge is 0.255 e. The van der Waals surface area contributed by atoms with E-state index in [1.165, 1.54) is 29.6 Å². The second kappa shape index (κ2) is 10.0. The molecular formula is C23H27N3O5S. The molecule has 9 heteroatoms. The van der Waals surface area contributed by atoms with Crippen LogP contribution < -0.4 is 14.8 Å². The van der Waals surface area contributed by atoms with Gasteiger partial charge in [0.25, 0.3) is 5.91 Å². The highest BCUT2D eigenvalue weighted by Gasteiger charge is 2.34. The predicted molar refractivity (Wildman–Crippen MR) is 120 cm³/mol. The molecule has 170 valence electrons. The average molecular weight is 458 g/mol. The molecule has 3 rings (SSSR count). The fourth-order valence-electron chi connectivity index (χ4n) is 3.91. The van der Waals surface area contributed by atoms with Gasteiger partial charge in [-0.2, -0.15) is 9.57 Å². The van der Waals surface area contributed by atoms with E-state index in [1.807, 2.05) is 19.9 Å². The second-order valence-electron chi connectivity index (χ2n) is 8.06. The predicted octanol–water partition coefficient (Wildman–Crippen LogP) is 3.52. The number of hydrogen-bond donors (Lipinski definition) is 1. The fourth-order valence-corrected chi connectivity index (χ4v) is 5.78. The maximum Gasteiger partial charge on any atom is 0.255 e. The number of carbonyl (C=O) groups is 1. The minimum absolute atomic E-state index is 0.0193. The number of hydrogen-bond acceptors (Lipinski definition) is 6. The van der Waals surface area contributed by atoms with E-state index >= 15 is 0 Å². The summed E-state index contributed by atoms with van der Waals surface area (Å²) < 4.78 is 38.8. The van der Waals surface area contributed by atoms with Crippen LogP contribution in [0.1, 0.15) is 30.6 Å². The molecule has 0 bridgehead atoms. The highest BCUT2D eigenvalue weighted by molar-refractivity contribution is 7.89. The van der Waals surface area contributed by atoms with Crippen LogP contribution in [0.4, 0.5) is 5.69 Å². The van der Waals surface area contributed by atoms with E-state index in [1.54, 1.807) is 24.3 Å². The Labute approximate surface area is 188 Å². The summed E-state index contributed by atoms with van der Waals surface area (Å²) in [5.74, 6) is 0.770. The van der Waals surface area contributed by atoms with Gasteiger partial charge in [-0.3, -0.25) is 4.79 Å². The van der Waals surface area contributed by atoms with Crippen molar-refractivity contribution in [3.63, 3.8) is 0 Å².